The van der Waals surface area contributed by atoms with Crippen LogP contribution in [0.4, 0.5) is 11.4 Å². The number of hydrogen-bond acceptors (Lipinski definition) is 4. The highest BCUT2D eigenvalue weighted by molar-refractivity contribution is 5.96. The summed E-state index contributed by atoms with van der Waals surface area (Å²) >= 11 is 0. The van der Waals surface area contributed by atoms with E-state index in [1.807, 2.05) is 37.2 Å². The molecule has 0 saturated carbocycles. The molecule has 0 radical (unpaired) electrons. The lowest BCUT2D eigenvalue weighted by Gasteiger charge is -2.38. The van der Waals surface area contributed by atoms with Crippen molar-refractivity contribution in [1.82, 2.24) is 0 Å². The third kappa shape index (κ3) is 2.34. The fourth-order valence-corrected chi connectivity index (χ4v) is 2.44. The molecule has 6 nitrogen and oxygen atoms in total. The molecule has 0 spiro atoms. The highest BCUT2D eigenvalue weighted by atomic mass is 16.4. The second kappa shape index (κ2) is 4.79. The van der Waals surface area contributed by atoms with Crippen LogP contribution in [-0.4, -0.2) is 43.2 Å². The molecule has 0 fully saturated rings. The van der Waals surface area contributed by atoms with Gasteiger partial charge in [-0.2, -0.15) is 0 Å². The molecule has 1 aliphatic rings. The summed E-state index contributed by atoms with van der Waals surface area (Å²) in [7, 11) is 3.81. The summed E-state index contributed by atoms with van der Waals surface area (Å²) in [4.78, 5) is 26.5. The standard InChI is InChI=1S/C14H19N3O3/c1-9(18)17-8-14(15,13(19)20)7-10-6-11(16(2)3)4-5-12(10)17/h4-6H,7-8,15H2,1-3H3,(H,19,20). The van der Waals surface area contributed by atoms with E-state index < -0.39 is 11.5 Å². The molecular formula is C14H19N3O3. The van der Waals surface area contributed by atoms with Gasteiger partial charge in [0.25, 0.3) is 0 Å². The summed E-state index contributed by atoms with van der Waals surface area (Å²) in [6, 6.07) is 5.63. The number of carboxylic acid groups (broad SMARTS) is 1. The Morgan fingerprint density at radius 3 is 2.55 bits per heavy atom. The number of nitrogens with zero attached hydrogens (tertiary/aromatic N) is 2. The normalized spacial score (nSPS) is 21.3. The predicted molar refractivity (Wildman–Crippen MR) is 77.1 cm³/mol. The van der Waals surface area contributed by atoms with Gasteiger partial charge >= 0.3 is 5.97 Å². The molecule has 2 rings (SSSR count). The average Bonchev–Trinajstić information content (AvgIpc) is 2.36. The number of nitrogens with two attached hydrogens (primary N) is 1. The molecule has 1 aliphatic heterocycles. The van der Waals surface area contributed by atoms with Gasteiger partial charge in [0.05, 0.1) is 6.54 Å². The van der Waals surface area contributed by atoms with Gasteiger partial charge < -0.3 is 20.6 Å². The molecule has 1 atom stereocenters. The Labute approximate surface area is 117 Å². The first kappa shape index (κ1) is 14.3. The van der Waals surface area contributed by atoms with Crippen LogP contribution in [0, 0.1) is 0 Å². The van der Waals surface area contributed by atoms with Gasteiger partial charge in [0.2, 0.25) is 5.91 Å². The van der Waals surface area contributed by atoms with Gasteiger partial charge in [0.1, 0.15) is 5.54 Å². The summed E-state index contributed by atoms with van der Waals surface area (Å²) in [5.74, 6) is -1.30. The third-order valence-electron chi connectivity index (χ3n) is 3.62. The number of fused-ring (bicyclic) bond motifs is 1. The second-order valence-corrected chi connectivity index (χ2v) is 5.45. The van der Waals surface area contributed by atoms with Gasteiger partial charge in [-0.05, 0) is 23.8 Å². The Balaban J connectivity index is 2.53. The van der Waals surface area contributed by atoms with E-state index in [0.29, 0.717) is 0 Å². The molecule has 1 aromatic rings. The monoisotopic (exact) mass is 277 g/mol. The lowest BCUT2D eigenvalue weighted by Crippen LogP contribution is -2.61. The number of rotatable bonds is 2. The fourth-order valence-electron chi connectivity index (χ4n) is 2.44. The third-order valence-corrected chi connectivity index (χ3v) is 3.62. The molecule has 0 aliphatic carbocycles. The maximum atomic E-state index is 11.8. The minimum Gasteiger partial charge on any atom is -0.480 e. The minimum atomic E-state index is -1.44. The lowest BCUT2D eigenvalue weighted by atomic mass is 9.86. The van der Waals surface area contributed by atoms with Crippen LogP contribution in [0.25, 0.3) is 0 Å². The first-order valence-electron chi connectivity index (χ1n) is 6.35. The van der Waals surface area contributed by atoms with Crippen molar-refractivity contribution >= 4 is 23.3 Å². The van der Waals surface area contributed by atoms with Crippen molar-refractivity contribution in [2.75, 3.05) is 30.4 Å². The summed E-state index contributed by atoms with van der Waals surface area (Å²) in [5, 5.41) is 9.33. The summed E-state index contributed by atoms with van der Waals surface area (Å²) in [5.41, 5.74) is 6.99. The molecule has 0 bridgehead atoms. The molecule has 108 valence electrons. The zero-order valence-electron chi connectivity index (χ0n) is 11.9. The maximum Gasteiger partial charge on any atom is 0.325 e. The van der Waals surface area contributed by atoms with Crippen LogP contribution in [0.1, 0.15) is 12.5 Å². The van der Waals surface area contributed by atoms with E-state index in [1.54, 1.807) is 0 Å². The largest absolute Gasteiger partial charge is 0.480 e. The zero-order valence-corrected chi connectivity index (χ0v) is 11.9. The van der Waals surface area contributed by atoms with Crippen molar-refractivity contribution in [2.24, 2.45) is 5.73 Å². The average molecular weight is 277 g/mol. The van der Waals surface area contributed by atoms with Crippen LogP contribution in [-0.2, 0) is 16.0 Å². The molecule has 3 N–H and O–H groups in total. The van der Waals surface area contributed by atoms with Gasteiger partial charge in [0.15, 0.2) is 0 Å². The van der Waals surface area contributed by atoms with E-state index in [4.69, 9.17) is 5.73 Å². The van der Waals surface area contributed by atoms with Crippen LogP contribution in [0.5, 0.6) is 0 Å². The molecule has 1 unspecified atom stereocenters. The van der Waals surface area contributed by atoms with E-state index >= 15 is 0 Å². The molecule has 0 saturated heterocycles. The van der Waals surface area contributed by atoms with E-state index in [2.05, 4.69) is 0 Å². The van der Waals surface area contributed by atoms with Gasteiger partial charge in [-0.25, -0.2) is 0 Å². The van der Waals surface area contributed by atoms with Gasteiger partial charge in [0, 0.05) is 38.8 Å². The quantitative estimate of drug-likeness (QED) is 0.819. The number of hydrogen-bond donors (Lipinski definition) is 2. The lowest BCUT2D eigenvalue weighted by molar-refractivity contribution is -0.143. The molecule has 0 aromatic heterocycles. The van der Waals surface area contributed by atoms with Crippen LogP contribution >= 0.6 is 0 Å². The number of amides is 1. The van der Waals surface area contributed by atoms with Crippen molar-refractivity contribution in [3.8, 4) is 0 Å². The number of benzene rings is 1. The molecule has 1 heterocycles. The molecule has 1 amide bonds. The Hall–Kier alpha value is -2.08. The fraction of sp³-hybridized carbons (Fsp3) is 0.429. The van der Waals surface area contributed by atoms with E-state index in [-0.39, 0.29) is 18.9 Å². The summed E-state index contributed by atoms with van der Waals surface area (Å²) in [6.07, 6.45) is 0.211. The van der Waals surface area contributed by atoms with Crippen LogP contribution in [0.15, 0.2) is 18.2 Å². The first-order valence-corrected chi connectivity index (χ1v) is 6.35. The number of carboxylic acids is 1. The number of anilines is 2. The van der Waals surface area contributed by atoms with Crippen molar-refractivity contribution < 1.29 is 14.7 Å². The number of aliphatic carboxylic acids is 1. The van der Waals surface area contributed by atoms with Crippen LogP contribution < -0.4 is 15.5 Å². The van der Waals surface area contributed by atoms with Crippen LogP contribution in [0.2, 0.25) is 0 Å². The highest BCUT2D eigenvalue weighted by Crippen LogP contribution is 2.33. The molecule has 1 aromatic carbocycles. The topological polar surface area (TPSA) is 86.9 Å². The SMILES string of the molecule is CC(=O)N1CC(N)(C(=O)O)Cc2cc(N(C)C)ccc21. The Morgan fingerprint density at radius 2 is 2.05 bits per heavy atom. The van der Waals surface area contributed by atoms with Crippen molar-refractivity contribution in [1.29, 1.82) is 0 Å². The predicted octanol–water partition coefficient (Wildman–Crippen LogP) is 0.444. The van der Waals surface area contributed by atoms with Gasteiger partial charge in [-0.15, -0.1) is 0 Å². The van der Waals surface area contributed by atoms with Gasteiger partial charge in [-0.1, -0.05) is 0 Å². The van der Waals surface area contributed by atoms with Crippen molar-refractivity contribution in [2.45, 2.75) is 18.9 Å². The Bertz CT molecular complexity index is 571. The van der Waals surface area contributed by atoms with Crippen molar-refractivity contribution in [3.05, 3.63) is 23.8 Å². The summed E-state index contributed by atoms with van der Waals surface area (Å²) < 4.78 is 0. The van der Waals surface area contributed by atoms with E-state index in [1.165, 1.54) is 11.8 Å². The Kier molecular flexibility index (Phi) is 3.43. The molecular weight excluding hydrogens is 258 g/mol. The van der Waals surface area contributed by atoms with Gasteiger partial charge in [-0.3, -0.25) is 9.59 Å². The Morgan fingerprint density at radius 1 is 1.40 bits per heavy atom. The number of carbonyl (C=O) groups is 2. The maximum absolute atomic E-state index is 11.8. The van der Waals surface area contributed by atoms with E-state index in [9.17, 15) is 14.7 Å². The molecule has 20 heavy (non-hydrogen) atoms. The zero-order chi connectivity index (χ0) is 15.1. The van der Waals surface area contributed by atoms with Crippen molar-refractivity contribution in [3.63, 3.8) is 0 Å². The smallest absolute Gasteiger partial charge is 0.325 e. The molecule has 6 heteroatoms. The highest BCUT2D eigenvalue weighted by Gasteiger charge is 2.42. The van der Waals surface area contributed by atoms with E-state index in [0.717, 1.165) is 16.9 Å². The number of carbonyl (C=O) groups excluding carboxylic acids is 1. The second-order valence-electron chi connectivity index (χ2n) is 5.45. The van der Waals surface area contributed by atoms with Crippen LogP contribution in [0.3, 0.4) is 0 Å². The minimum absolute atomic E-state index is 0.00796. The first-order chi connectivity index (χ1) is 9.24. The summed E-state index contributed by atoms with van der Waals surface area (Å²) in [6.45, 7) is 1.41.